The van der Waals surface area contributed by atoms with Crippen molar-refractivity contribution in [1.82, 2.24) is 0 Å². The van der Waals surface area contributed by atoms with E-state index in [1.54, 1.807) is 36.4 Å². The molecule has 0 saturated carbocycles. The zero-order chi connectivity index (χ0) is 15.5. The summed E-state index contributed by atoms with van der Waals surface area (Å²) >= 11 is 5.77. The summed E-state index contributed by atoms with van der Waals surface area (Å²) in [7, 11) is -3.54. The van der Waals surface area contributed by atoms with Gasteiger partial charge in [-0.15, -0.1) is 0 Å². The predicted octanol–water partition coefficient (Wildman–Crippen LogP) is 3.10. The standard InChI is InChI=1S/C15H13ClO4S/c1-21(18,19)20-14-8-2-11(3-9-14)10-15(17)12-4-6-13(16)7-5-12/h2-9H,10H2,1H3. The van der Waals surface area contributed by atoms with Gasteiger partial charge in [-0.2, -0.15) is 8.42 Å². The van der Waals surface area contributed by atoms with Gasteiger partial charge in [0.2, 0.25) is 0 Å². The van der Waals surface area contributed by atoms with Gasteiger partial charge in [-0.05, 0) is 42.0 Å². The van der Waals surface area contributed by atoms with Crippen LogP contribution in [0.5, 0.6) is 5.75 Å². The lowest BCUT2D eigenvalue weighted by molar-refractivity contribution is 0.0993. The van der Waals surface area contributed by atoms with E-state index in [-0.39, 0.29) is 18.0 Å². The Labute approximate surface area is 128 Å². The third-order valence-corrected chi connectivity index (χ3v) is 3.45. The van der Waals surface area contributed by atoms with Crippen molar-refractivity contribution in [1.29, 1.82) is 0 Å². The summed E-state index contributed by atoms with van der Waals surface area (Å²) in [4.78, 5) is 12.1. The topological polar surface area (TPSA) is 60.4 Å². The predicted molar refractivity (Wildman–Crippen MR) is 81.4 cm³/mol. The van der Waals surface area contributed by atoms with Crippen molar-refractivity contribution in [2.24, 2.45) is 0 Å². The van der Waals surface area contributed by atoms with Crippen molar-refractivity contribution in [2.75, 3.05) is 6.26 Å². The molecule has 0 amide bonds. The zero-order valence-electron chi connectivity index (χ0n) is 11.2. The number of carbonyl (C=O) groups is 1. The molecule has 110 valence electrons. The van der Waals surface area contributed by atoms with E-state index in [4.69, 9.17) is 15.8 Å². The average Bonchev–Trinajstić information content (AvgIpc) is 2.40. The van der Waals surface area contributed by atoms with Gasteiger partial charge in [-0.1, -0.05) is 23.7 Å². The van der Waals surface area contributed by atoms with Crippen molar-refractivity contribution in [3.8, 4) is 5.75 Å². The number of benzene rings is 2. The molecule has 0 aromatic heterocycles. The van der Waals surface area contributed by atoms with Gasteiger partial charge in [0.25, 0.3) is 0 Å². The SMILES string of the molecule is CS(=O)(=O)Oc1ccc(CC(=O)c2ccc(Cl)cc2)cc1. The summed E-state index contributed by atoms with van der Waals surface area (Å²) in [5, 5.41) is 0.578. The lowest BCUT2D eigenvalue weighted by Gasteiger charge is -2.05. The maximum absolute atomic E-state index is 12.1. The molecule has 0 aliphatic rings. The van der Waals surface area contributed by atoms with Gasteiger partial charge in [0.1, 0.15) is 5.75 Å². The lowest BCUT2D eigenvalue weighted by Crippen LogP contribution is -2.06. The molecule has 4 nitrogen and oxygen atoms in total. The van der Waals surface area contributed by atoms with Crippen LogP contribution in [0.15, 0.2) is 48.5 Å². The summed E-state index contributed by atoms with van der Waals surface area (Å²) in [6, 6.07) is 13.0. The Morgan fingerprint density at radius 1 is 1.05 bits per heavy atom. The van der Waals surface area contributed by atoms with Crippen LogP contribution in [-0.2, 0) is 16.5 Å². The Morgan fingerprint density at radius 3 is 2.14 bits per heavy atom. The molecule has 0 fully saturated rings. The highest BCUT2D eigenvalue weighted by molar-refractivity contribution is 7.86. The van der Waals surface area contributed by atoms with E-state index in [0.717, 1.165) is 11.8 Å². The first-order valence-electron chi connectivity index (χ1n) is 6.11. The first-order chi connectivity index (χ1) is 9.83. The van der Waals surface area contributed by atoms with Crippen LogP contribution < -0.4 is 4.18 Å². The van der Waals surface area contributed by atoms with Crippen molar-refractivity contribution in [3.63, 3.8) is 0 Å². The molecule has 0 bridgehead atoms. The van der Waals surface area contributed by atoms with E-state index < -0.39 is 10.1 Å². The molecule has 0 N–H and O–H groups in total. The van der Waals surface area contributed by atoms with Crippen LogP contribution in [0.3, 0.4) is 0 Å². The number of hydrogen-bond acceptors (Lipinski definition) is 4. The molecule has 0 saturated heterocycles. The maximum atomic E-state index is 12.1. The minimum absolute atomic E-state index is 0.0385. The molecule has 2 rings (SSSR count). The van der Waals surface area contributed by atoms with Crippen molar-refractivity contribution >= 4 is 27.5 Å². The molecule has 0 heterocycles. The second kappa shape index (κ2) is 6.28. The molecule has 0 unspecified atom stereocenters. The van der Waals surface area contributed by atoms with Crippen LogP contribution in [0.1, 0.15) is 15.9 Å². The Balaban J connectivity index is 2.06. The number of rotatable bonds is 5. The van der Waals surface area contributed by atoms with E-state index >= 15 is 0 Å². The van der Waals surface area contributed by atoms with Gasteiger partial charge < -0.3 is 4.18 Å². The average molecular weight is 325 g/mol. The third kappa shape index (κ3) is 4.88. The Hall–Kier alpha value is -1.85. The number of ketones is 1. The van der Waals surface area contributed by atoms with Gasteiger partial charge >= 0.3 is 10.1 Å². The maximum Gasteiger partial charge on any atom is 0.306 e. The zero-order valence-corrected chi connectivity index (χ0v) is 12.8. The highest BCUT2D eigenvalue weighted by Crippen LogP contribution is 2.16. The fourth-order valence-electron chi connectivity index (χ4n) is 1.76. The number of halogens is 1. The molecule has 21 heavy (non-hydrogen) atoms. The van der Waals surface area contributed by atoms with Crippen molar-refractivity contribution < 1.29 is 17.4 Å². The summed E-state index contributed by atoms with van der Waals surface area (Å²) in [6.07, 6.45) is 1.20. The van der Waals surface area contributed by atoms with E-state index in [9.17, 15) is 13.2 Å². The van der Waals surface area contributed by atoms with Crippen LogP contribution in [0.4, 0.5) is 0 Å². The largest absolute Gasteiger partial charge is 0.383 e. The van der Waals surface area contributed by atoms with Gasteiger partial charge in [0.15, 0.2) is 5.78 Å². The number of hydrogen-bond donors (Lipinski definition) is 0. The minimum Gasteiger partial charge on any atom is -0.383 e. The Bertz CT molecular complexity index is 734. The molecule has 0 aliphatic heterocycles. The van der Waals surface area contributed by atoms with Crippen LogP contribution in [0.25, 0.3) is 0 Å². The lowest BCUT2D eigenvalue weighted by atomic mass is 10.0. The van der Waals surface area contributed by atoms with Crippen LogP contribution >= 0.6 is 11.6 Å². The molecule has 0 spiro atoms. The molecule has 2 aromatic rings. The minimum atomic E-state index is -3.54. The van der Waals surface area contributed by atoms with E-state index in [0.29, 0.717) is 10.6 Å². The fourth-order valence-corrected chi connectivity index (χ4v) is 2.35. The number of Topliss-reactive ketones (excluding diaryl/α,β-unsaturated/α-hetero) is 1. The smallest absolute Gasteiger partial charge is 0.306 e. The monoisotopic (exact) mass is 324 g/mol. The highest BCUT2D eigenvalue weighted by atomic mass is 35.5. The van der Waals surface area contributed by atoms with Crippen molar-refractivity contribution in [3.05, 3.63) is 64.7 Å². The molecule has 6 heteroatoms. The quantitative estimate of drug-likeness (QED) is 0.626. The summed E-state index contributed by atoms with van der Waals surface area (Å²) in [5.74, 6) is 0.184. The van der Waals surface area contributed by atoms with Gasteiger partial charge in [-0.25, -0.2) is 0 Å². The Kier molecular flexibility index (Phi) is 4.65. The Morgan fingerprint density at radius 2 is 1.62 bits per heavy atom. The van der Waals surface area contributed by atoms with Crippen LogP contribution in [0.2, 0.25) is 5.02 Å². The van der Waals surface area contributed by atoms with Gasteiger partial charge in [-0.3, -0.25) is 4.79 Å². The normalized spacial score (nSPS) is 11.1. The number of carbonyl (C=O) groups excluding carboxylic acids is 1. The molecular formula is C15H13ClO4S. The first-order valence-corrected chi connectivity index (χ1v) is 8.30. The van der Waals surface area contributed by atoms with E-state index in [1.165, 1.54) is 12.1 Å². The third-order valence-electron chi connectivity index (χ3n) is 2.70. The van der Waals surface area contributed by atoms with Crippen molar-refractivity contribution in [2.45, 2.75) is 6.42 Å². The molecule has 0 aliphatic carbocycles. The van der Waals surface area contributed by atoms with Crippen LogP contribution in [0, 0.1) is 0 Å². The second-order valence-electron chi connectivity index (χ2n) is 4.54. The van der Waals surface area contributed by atoms with Gasteiger partial charge in [0, 0.05) is 17.0 Å². The van der Waals surface area contributed by atoms with Gasteiger partial charge in [0.05, 0.1) is 6.26 Å². The van der Waals surface area contributed by atoms with E-state index in [1.807, 2.05) is 0 Å². The summed E-state index contributed by atoms with van der Waals surface area (Å²) in [6.45, 7) is 0. The first kappa shape index (κ1) is 15.5. The van der Waals surface area contributed by atoms with E-state index in [2.05, 4.69) is 0 Å². The summed E-state index contributed by atoms with van der Waals surface area (Å²) < 4.78 is 26.7. The van der Waals surface area contributed by atoms with Crippen LogP contribution in [-0.4, -0.2) is 20.5 Å². The molecular weight excluding hydrogens is 312 g/mol. The molecule has 0 atom stereocenters. The highest BCUT2D eigenvalue weighted by Gasteiger charge is 2.08. The fraction of sp³-hybridized carbons (Fsp3) is 0.133. The molecule has 2 aromatic carbocycles. The summed E-state index contributed by atoms with van der Waals surface area (Å²) in [5.41, 5.74) is 1.35. The second-order valence-corrected chi connectivity index (χ2v) is 6.55. The molecule has 0 radical (unpaired) electrons.